The molecule has 4 aromatic heterocycles. The third-order valence-electron chi connectivity index (χ3n) is 22.8. The molecule has 0 radical (unpaired) electrons. The Hall–Kier alpha value is -12.2. The summed E-state index contributed by atoms with van der Waals surface area (Å²) in [6.45, 7) is 21.0. The predicted molar refractivity (Wildman–Crippen MR) is 542 cm³/mol. The Morgan fingerprint density at radius 3 is 0.827 bits per heavy atom. The quantitative estimate of drug-likeness (QED) is 0.0286. The van der Waals surface area contributed by atoms with Gasteiger partial charge in [0.2, 0.25) is 40.1 Å². The van der Waals surface area contributed by atoms with Crippen molar-refractivity contribution in [3.63, 3.8) is 0 Å². The van der Waals surface area contributed by atoms with Gasteiger partial charge < -0.3 is 18.9 Å². The molecule has 139 heavy (non-hydrogen) atoms. The summed E-state index contributed by atoms with van der Waals surface area (Å²) >= 11 is 6.11. The number of nitrogens with zero attached hydrogens (tertiary/aromatic N) is 8. The standard InChI is InChI=1S/C27H29N3O4S2.C26H27N3O4S2.2C25H25N3O4S2/c1-4-20(31)12-13-36(32,33)30-24-10-9-21-22(24)6-5-7-23(21)26-16-29-27(35-26)18-8-11-25(34-17(2)3)19(14-18)15-28;1-16(2)33-24-10-7-18(13-19(24)14-27)26-28-15-25(34-26)22-6-4-5-21-20(22)8-9-23(21)29-35(31,32)12-11-17(3)30;2*1-15(2)32-23-10-7-17(11-18(23)12-26)25-27-13-24(33-25)21-6-4-5-20-19(21)8-9-22(20)28-34(30,31)14-16(3)29/h5-8,11,14,16-17,24,30H,4,9-10,12-13H2,1-3H3;4-7,10,13,15-16,23,29H,8-9,11-12H2,1-3H3;2*4-7,10-11,13,15,22,28H,8-9,14H2,1-3H3/t24-;23-;2*22-/m0110/s1. The number of hydrogen-bond acceptors (Lipinski definition) is 28. The second-order valence-electron chi connectivity index (χ2n) is 35.1. The molecule has 0 saturated carbocycles. The number of rotatable bonds is 35. The summed E-state index contributed by atoms with van der Waals surface area (Å²) in [7, 11) is -14.5. The summed E-state index contributed by atoms with van der Waals surface area (Å²) in [5.74, 6) is -0.164. The number of thiazole rings is 4. The number of nitrogens with one attached hydrogen (secondary N) is 4. The number of Topliss-reactive ketones (excluding diaryl/α,β-unsaturated/α-hetero) is 4. The molecule has 0 spiro atoms. The average Bonchev–Trinajstić information content (AvgIpc) is 1.65. The molecule has 36 heteroatoms. The van der Waals surface area contributed by atoms with E-state index in [-0.39, 0.29) is 96.1 Å². The van der Waals surface area contributed by atoms with E-state index in [9.17, 15) is 73.9 Å². The van der Waals surface area contributed by atoms with Crippen LogP contribution >= 0.6 is 45.3 Å². The summed E-state index contributed by atoms with van der Waals surface area (Å²) in [5, 5.41) is 41.3. The van der Waals surface area contributed by atoms with Crippen molar-refractivity contribution >= 4 is 109 Å². The minimum atomic E-state index is -3.68. The van der Waals surface area contributed by atoms with Gasteiger partial charge in [-0.15, -0.1) is 45.3 Å². The van der Waals surface area contributed by atoms with Crippen LogP contribution in [0.25, 0.3) is 84.0 Å². The van der Waals surface area contributed by atoms with Crippen LogP contribution in [0.4, 0.5) is 0 Å². The molecule has 4 atom stereocenters. The first-order chi connectivity index (χ1) is 66.2. The molecule has 4 aliphatic rings. The number of sulfonamides is 4. The summed E-state index contributed by atoms with van der Waals surface area (Å²) in [6, 6.07) is 53.0. The number of ketones is 4. The maximum absolute atomic E-state index is 12.6. The first kappa shape index (κ1) is 104. The van der Waals surface area contributed by atoms with Gasteiger partial charge in [0.15, 0.2) is 0 Å². The molecular weight excluding hydrogens is 1920 g/mol. The lowest BCUT2D eigenvalue weighted by atomic mass is 10.0. The molecule has 722 valence electrons. The number of carbonyl (C=O) groups excluding carboxylic acids is 4. The number of hydrogen-bond donors (Lipinski definition) is 4. The van der Waals surface area contributed by atoms with Crippen LogP contribution in [0, 0.1) is 45.3 Å². The zero-order valence-corrected chi connectivity index (χ0v) is 85.3. The van der Waals surface area contributed by atoms with Gasteiger partial charge in [-0.2, -0.15) is 21.0 Å². The lowest BCUT2D eigenvalue weighted by Gasteiger charge is -2.15. The summed E-state index contributed by atoms with van der Waals surface area (Å²) in [5.41, 5.74) is 17.6. The summed E-state index contributed by atoms with van der Waals surface area (Å²) < 4.78 is 133. The van der Waals surface area contributed by atoms with E-state index in [2.05, 4.69) is 63.1 Å². The Morgan fingerprint density at radius 2 is 0.604 bits per heavy atom. The molecule has 8 aromatic carbocycles. The van der Waals surface area contributed by atoms with E-state index in [1.807, 2.05) is 177 Å². The highest BCUT2D eigenvalue weighted by Crippen LogP contribution is 2.48. The summed E-state index contributed by atoms with van der Waals surface area (Å²) in [6.07, 6.45) is 13.1. The van der Waals surface area contributed by atoms with Gasteiger partial charge in [-0.05, 0) is 267 Å². The highest BCUT2D eigenvalue weighted by molar-refractivity contribution is 7.90. The van der Waals surface area contributed by atoms with Gasteiger partial charge in [0, 0.05) is 90.5 Å². The fourth-order valence-electron chi connectivity index (χ4n) is 16.9. The number of benzene rings is 8. The van der Waals surface area contributed by atoms with Crippen molar-refractivity contribution in [1.82, 2.24) is 38.8 Å². The first-order valence-corrected chi connectivity index (χ1v) is 55.2. The van der Waals surface area contributed by atoms with Crippen LogP contribution in [0.15, 0.2) is 170 Å². The molecule has 12 aromatic rings. The van der Waals surface area contributed by atoms with E-state index in [4.69, 9.17) is 18.9 Å². The van der Waals surface area contributed by atoms with Crippen LogP contribution in [-0.2, 0) is 85.0 Å². The van der Waals surface area contributed by atoms with Crippen LogP contribution in [0.5, 0.6) is 23.0 Å². The van der Waals surface area contributed by atoms with Crippen LogP contribution < -0.4 is 37.8 Å². The van der Waals surface area contributed by atoms with Crippen LogP contribution in [0.1, 0.15) is 219 Å². The van der Waals surface area contributed by atoms with Crippen molar-refractivity contribution in [2.75, 3.05) is 23.0 Å². The molecule has 4 heterocycles. The Morgan fingerprint density at radius 1 is 0.360 bits per heavy atom. The van der Waals surface area contributed by atoms with Gasteiger partial charge in [0.25, 0.3) is 0 Å². The number of ether oxygens (including phenoxy) is 4. The highest BCUT2D eigenvalue weighted by atomic mass is 32.2. The van der Waals surface area contributed by atoms with Gasteiger partial charge in [-0.3, -0.25) is 19.2 Å². The maximum Gasteiger partial charge on any atom is 0.219 e. The lowest BCUT2D eigenvalue weighted by Crippen LogP contribution is -2.31. The zero-order chi connectivity index (χ0) is 100.0. The molecule has 0 fully saturated rings. The van der Waals surface area contributed by atoms with Crippen molar-refractivity contribution in [2.24, 2.45) is 0 Å². The third-order valence-corrected chi connectivity index (χ3v) is 32.8. The van der Waals surface area contributed by atoms with E-state index >= 15 is 0 Å². The largest absolute Gasteiger partial charge is 0.490 e. The minimum Gasteiger partial charge on any atom is -0.490 e. The smallest absolute Gasteiger partial charge is 0.219 e. The Kier molecular flexibility index (Phi) is 34.3. The van der Waals surface area contributed by atoms with Crippen molar-refractivity contribution in [3.8, 4) is 131 Å². The van der Waals surface area contributed by atoms with E-state index in [1.54, 1.807) is 55.5 Å². The molecule has 4 N–H and O–H groups in total. The first-order valence-electron chi connectivity index (χ1n) is 45.4. The van der Waals surface area contributed by atoms with Crippen molar-refractivity contribution in [3.05, 3.63) is 237 Å². The normalized spacial score (nSPS) is 15.1. The monoisotopic (exact) mass is 2020 g/mol. The van der Waals surface area contributed by atoms with Crippen molar-refractivity contribution in [1.29, 1.82) is 21.0 Å². The van der Waals surface area contributed by atoms with E-state index in [0.717, 1.165) is 154 Å². The van der Waals surface area contributed by atoms with Crippen LogP contribution in [0.3, 0.4) is 0 Å². The fraction of sp³-hybridized carbons (Fsp3) is 0.340. The number of fused-ring (bicyclic) bond motifs is 4. The van der Waals surface area contributed by atoms with Gasteiger partial charge in [0.1, 0.15) is 102 Å². The SMILES string of the molecule is CC(=O)CCS(=O)(=O)N[C@@H]1CCc2c(-c3cnc(-c4ccc(OC(C)C)c(C#N)c4)s3)cccc21.CC(=O)CS(=O)(=O)N[C@@H]1CCc2c(-c3cnc(-c4ccc(OC(C)C)c(C#N)c4)s3)cccc21.CC(=O)CS(=O)(=O)N[C@H]1CCc2c(-c3cnc(-c4ccc(OC(C)C)c(C#N)c4)s3)cccc21.CCC(=O)CCS(=O)(=O)N[C@H]1CCc2c(-c3cnc(-c4ccc(OC(C)C)c(C#N)c4)s3)cccc21. The molecule has 0 amide bonds. The molecule has 28 nitrogen and oxygen atoms in total. The molecule has 16 rings (SSSR count). The Bertz CT molecular complexity index is 7100. The second kappa shape index (κ2) is 45.8. The Balaban J connectivity index is 0.000000156. The van der Waals surface area contributed by atoms with Crippen LogP contribution in [-0.4, -0.2) is 124 Å². The van der Waals surface area contributed by atoms with Crippen LogP contribution in [0.2, 0.25) is 0 Å². The number of nitriles is 4. The fourth-order valence-corrected chi connectivity index (χ4v) is 26.0. The number of carbonyl (C=O) groups is 4. The molecule has 4 aliphatic carbocycles. The predicted octanol–water partition coefficient (Wildman–Crippen LogP) is 19.7. The average molecular weight is 2020 g/mol. The summed E-state index contributed by atoms with van der Waals surface area (Å²) in [4.78, 5) is 67.7. The molecule has 0 saturated heterocycles. The van der Waals surface area contributed by atoms with E-state index in [1.165, 1.54) is 66.1 Å². The van der Waals surface area contributed by atoms with Gasteiger partial charge >= 0.3 is 0 Å². The van der Waals surface area contributed by atoms with E-state index in [0.29, 0.717) is 77.4 Å². The highest BCUT2D eigenvalue weighted by Gasteiger charge is 2.35. The van der Waals surface area contributed by atoms with Gasteiger partial charge in [0.05, 0.1) is 77.7 Å². The zero-order valence-electron chi connectivity index (χ0n) is 78.8. The molecular formula is C103H106N12O16S8. The van der Waals surface area contributed by atoms with Gasteiger partial charge in [-0.25, -0.2) is 72.5 Å². The molecule has 0 aliphatic heterocycles. The Labute approximate surface area is 827 Å². The maximum atomic E-state index is 12.6. The minimum absolute atomic E-state index is 0.0106. The van der Waals surface area contributed by atoms with E-state index < -0.39 is 51.6 Å². The molecule has 0 unspecified atom stereocenters. The van der Waals surface area contributed by atoms with Crippen molar-refractivity contribution < 1.29 is 71.8 Å². The van der Waals surface area contributed by atoms with Gasteiger partial charge in [-0.1, -0.05) is 79.7 Å². The van der Waals surface area contributed by atoms with Crippen molar-refractivity contribution in [2.45, 2.75) is 202 Å². The lowest BCUT2D eigenvalue weighted by molar-refractivity contribution is -0.118. The second-order valence-corrected chi connectivity index (χ2v) is 46.4. The third kappa shape index (κ3) is 26.9. The topological polar surface area (TPSA) is 437 Å². The number of aromatic nitrogens is 4. The molecule has 0 bridgehead atoms.